The highest BCUT2D eigenvalue weighted by Crippen LogP contribution is 2.50. The lowest BCUT2D eigenvalue weighted by Crippen LogP contribution is -2.23. The second kappa shape index (κ2) is 5.47. The first kappa shape index (κ1) is 13.0. The fraction of sp³-hybridized carbons (Fsp3) is 0.533. The van der Waals surface area contributed by atoms with E-state index in [-0.39, 0.29) is 5.54 Å². The van der Waals surface area contributed by atoms with Crippen LogP contribution in [0.3, 0.4) is 0 Å². The molecule has 0 unspecified atom stereocenters. The van der Waals surface area contributed by atoms with Crippen LogP contribution in [0.2, 0.25) is 0 Å². The molecule has 1 saturated carbocycles. The Balaban J connectivity index is 2.29. The van der Waals surface area contributed by atoms with Gasteiger partial charge in [-0.15, -0.1) is 0 Å². The molecule has 96 valence electrons. The molecule has 1 aliphatic carbocycles. The topological polar surface area (TPSA) is 32.7 Å². The van der Waals surface area contributed by atoms with Gasteiger partial charge in [0.1, 0.15) is 0 Å². The summed E-state index contributed by atoms with van der Waals surface area (Å²) in [4.78, 5) is 17.0. The number of hydrogen-bond donors (Lipinski definition) is 0. The van der Waals surface area contributed by atoms with Crippen molar-refractivity contribution in [3.63, 3.8) is 0 Å². The molecule has 1 aromatic rings. The molecule has 1 aliphatic rings. The molecule has 1 aromatic carbocycles. The molecule has 0 spiro atoms. The Bertz CT molecular complexity index is 455. The third-order valence-corrected chi connectivity index (χ3v) is 3.79. The van der Waals surface area contributed by atoms with Gasteiger partial charge in [-0.3, -0.25) is 4.90 Å². The van der Waals surface area contributed by atoms with E-state index in [1.165, 1.54) is 11.1 Å². The maximum absolute atomic E-state index is 10.6. The summed E-state index contributed by atoms with van der Waals surface area (Å²) in [6.45, 7) is 7.34. The Hall–Kier alpha value is -1.44. The number of rotatable bonds is 6. The first-order valence-corrected chi connectivity index (χ1v) is 6.65. The molecule has 18 heavy (non-hydrogen) atoms. The average Bonchev–Trinajstić information content (AvgIpc) is 3.17. The molecule has 0 amide bonds. The Morgan fingerprint density at radius 2 is 1.94 bits per heavy atom. The van der Waals surface area contributed by atoms with Crippen molar-refractivity contribution in [2.45, 2.75) is 38.8 Å². The molecular formula is C15H20N2O. The molecule has 3 heteroatoms. The summed E-state index contributed by atoms with van der Waals surface area (Å²) >= 11 is 0. The van der Waals surface area contributed by atoms with Crippen molar-refractivity contribution in [1.29, 1.82) is 0 Å². The molecule has 0 atom stereocenters. The number of benzene rings is 1. The fourth-order valence-corrected chi connectivity index (χ4v) is 2.45. The van der Waals surface area contributed by atoms with E-state index in [0.717, 1.165) is 32.5 Å². The van der Waals surface area contributed by atoms with E-state index in [0.29, 0.717) is 0 Å². The number of aliphatic imine (C=N–C) groups is 1. The zero-order valence-electron chi connectivity index (χ0n) is 11.1. The quantitative estimate of drug-likeness (QED) is 0.569. The van der Waals surface area contributed by atoms with E-state index in [9.17, 15) is 4.79 Å². The Kier molecular flexibility index (Phi) is 3.95. The summed E-state index contributed by atoms with van der Waals surface area (Å²) < 4.78 is 0. The molecule has 0 saturated heterocycles. The third-order valence-electron chi connectivity index (χ3n) is 3.79. The van der Waals surface area contributed by atoms with E-state index in [1.54, 1.807) is 6.08 Å². The predicted molar refractivity (Wildman–Crippen MR) is 72.1 cm³/mol. The van der Waals surface area contributed by atoms with Gasteiger partial charge in [0.25, 0.3) is 0 Å². The van der Waals surface area contributed by atoms with Gasteiger partial charge in [0.15, 0.2) is 0 Å². The number of carbonyl (C=O) groups excluding carboxylic acids is 1. The van der Waals surface area contributed by atoms with E-state index >= 15 is 0 Å². The highest BCUT2D eigenvalue weighted by atomic mass is 16.1. The molecular weight excluding hydrogens is 224 g/mol. The first-order chi connectivity index (χ1) is 8.75. The van der Waals surface area contributed by atoms with E-state index < -0.39 is 0 Å². The van der Waals surface area contributed by atoms with E-state index in [4.69, 9.17) is 0 Å². The molecule has 1 fully saturated rings. The van der Waals surface area contributed by atoms with Crippen molar-refractivity contribution in [2.24, 2.45) is 4.99 Å². The number of nitrogens with zero attached hydrogens (tertiary/aromatic N) is 2. The van der Waals surface area contributed by atoms with Crippen molar-refractivity contribution in [3.05, 3.63) is 35.4 Å². The number of isocyanates is 1. The summed E-state index contributed by atoms with van der Waals surface area (Å²) in [5.74, 6) is 0. The zero-order chi connectivity index (χ0) is 13.0. The van der Waals surface area contributed by atoms with Gasteiger partial charge in [0.2, 0.25) is 6.08 Å². The SMILES string of the molecule is CCN(CC)Cc1ccccc1C1(N=C=O)CC1. The lowest BCUT2D eigenvalue weighted by molar-refractivity contribution is 0.294. The molecule has 0 aromatic heterocycles. The van der Waals surface area contributed by atoms with Crippen molar-refractivity contribution in [3.8, 4) is 0 Å². The zero-order valence-corrected chi connectivity index (χ0v) is 11.1. The first-order valence-electron chi connectivity index (χ1n) is 6.65. The van der Waals surface area contributed by atoms with Gasteiger partial charge in [-0.1, -0.05) is 38.1 Å². The Morgan fingerprint density at radius 3 is 2.50 bits per heavy atom. The van der Waals surface area contributed by atoms with Crippen molar-refractivity contribution < 1.29 is 4.79 Å². The maximum Gasteiger partial charge on any atom is 0.235 e. The smallest absolute Gasteiger partial charge is 0.235 e. The van der Waals surface area contributed by atoms with Crippen LogP contribution in [-0.4, -0.2) is 24.1 Å². The van der Waals surface area contributed by atoms with Crippen LogP contribution in [0, 0.1) is 0 Å². The average molecular weight is 244 g/mol. The highest BCUT2D eigenvalue weighted by Gasteiger charge is 2.45. The monoisotopic (exact) mass is 244 g/mol. The third kappa shape index (κ3) is 2.53. The van der Waals surface area contributed by atoms with Crippen LogP contribution in [-0.2, 0) is 16.9 Å². The standard InChI is InChI=1S/C15H20N2O/c1-3-17(4-2)11-13-7-5-6-8-14(13)15(9-10-15)16-12-18/h5-8H,3-4,9-11H2,1-2H3. The normalized spacial score (nSPS) is 16.4. The molecule has 0 N–H and O–H groups in total. The van der Waals surface area contributed by atoms with Crippen LogP contribution in [0.5, 0.6) is 0 Å². The minimum atomic E-state index is -0.258. The highest BCUT2D eigenvalue weighted by molar-refractivity contribution is 5.44. The van der Waals surface area contributed by atoms with Crippen LogP contribution in [0.25, 0.3) is 0 Å². The van der Waals surface area contributed by atoms with Crippen LogP contribution in [0.15, 0.2) is 29.3 Å². The summed E-state index contributed by atoms with van der Waals surface area (Å²) in [5.41, 5.74) is 2.24. The molecule has 0 bridgehead atoms. The second-order valence-corrected chi connectivity index (χ2v) is 4.85. The van der Waals surface area contributed by atoms with Gasteiger partial charge in [0.05, 0.1) is 5.54 Å². The molecule has 0 heterocycles. The van der Waals surface area contributed by atoms with Gasteiger partial charge in [-0.05, 0) is 37.1 Å². The van der Waals surface area contributed by atoms with Gasteiger partial charge in [0, 0.05) is 6.54 Å². The maximum atomic E-state index is 10.6. The Morgan fingerprint density at radius 1 is 1.28 bits per heavy atom. The molecule has 2 rings (SSSR count). The second-order valence-electron chi connectivity index (χ2n) is 4.85. The largest absolute Gasteiger partial charge is 0.300 e. The predicted octanol–water partition coefficient (Wildman–Crippen LogP) is 2.85. The van der Waals surface area contributed by atoms with Crippen LogP contribution in [0.4, 0.5) is 0 Å². The lowest BCUT2D eigenvalue weighted by Gasteiger charge is -2.21. The van der Waals surface area contributed by atoms with E-state index in [1.807, 2.05) is 6.07 Å². The van der Waals surface area contributed by atoms with Gasteiger partial charge >= 0.3 is 0 Å². The number of hydrogen-bond acceptors (Lipinski definition) is 3. The van der Waals surface area contributed by atoms with Crippen LogP contribution >= 0.6 is 0 Å². The lowest BCUT2D eigenvalue weighted by atomic mass is 9.98. The molecule has 0 radical (unpaired) electrons. The van der Waals surface area contributed by atoms with E-state index in [2.05, 4.69) is 41.9 Å². The summed E-state index contributed by atoms with van der Waals surface area (Å²) in [6, 6.07) is 8.34. The van der Waals surface area contributed by atoms with Crippen molar-refractivity contribution in [1.82, 2.24) is 4.90 Å². The van der Waals surface area contributed by atoms with Gasteiger partial charge < -0.3 is 0 Å². The summed E-state index contributed by atoms with van der Waals surface area (Å²) in [7, 11) is 0. The minimum absolute atomic E-state index is 0.258. The summed E-state index contributed by atoms with van der Waals surface area (Å²) in [6.07, 6.45) is 3.68. The summed E-state index contributed by atoms with van der Waals surface area (Å²) in [5, 5.41) is 0. The molecule has 0 aliphatic heterocycles. The van der Waals surface area contributed by atoms with Crippen LogP contribution < -0.4 is 0 Å². The van der Waals surface area contributed by atoms with Crippen LogP contribution in [0.1, 0.15) is 37.8 Å². The fourth-order valence-electron chi connectivity index (χ4n) is 2.45. The van der Waals surface area contributed by atoms with Gasteiger partial charge in [-0.2, -0.15) is 4.99 Å². The Labute approximate surface area is 109 Å². The van der Waals surface area contributed by atoms with Crippen molar-refractivity contribution in [2.75, 3.05) is 13.1 Å². The van der Waals surface area contributed by atoms with Gasteiger partial charge in [-0.25, -0.2) is 4.79 Å². The molecule has 3 nitrogen and oxygen atoms in total. The minimum Gasteiger partial charge on any atom is -0.300 e. The van der Waals surface area contributed by atoms with Crippen molar-refractivity contribution >= 4 is 6.08 Å².